The van der Waals surface area contributed by atoms with Gasteiger partial charge in [-0.05, 0) is 25.0 Å². The van der Waals surface area contributed by atoms with Crippen LogP contribution in [0.1, 0.15) is 17.8 Å². The van der Waals surface area contributed by atoms with E-state index in [1.165, 1.54) is 12.8 Å². The summed E-state index contributed by atoms with van der Waals surface area (Å²) in [6.07, 6.45) is 4.46. The summed E-state index contributed by atoms with van der Waals surface area (Å²) in [5, 5.41) is 5.89. The van der Waals surface area contributed by atoms with Crippen LogP contribution in [0.25, 0.3) is 10.4 Å². The number of hydrogen-bond acceptors (Lipinski definition) is 3. The van der Waals surface area contributed by atoms with Crippen molar-refractivity contribution in [2.45, 2.75) is 25.4 Å². The molecule has 2 nitrogen and oxygen atoms in total. The SMILES string of the molecule is Clc1ccc(-c2cnc(CNC3CC3)s2)c(Cl)c1. The molecule has 0 saturated heterocycles. The lowest BCUT2D eigenvalue weighted by atomic mass is 10.2. The van der Waals surface area contributed by atoms with Crippen LogP contribution < -0.4 is 5.32 Å². The molecule has 1 aliphatic rings. The molecular formula is C13H12Cl2N2S. The van der Waals surface area contributed by atoms with Crippen molar-refractivity contribution in [3.05, 3.63) is 39.4 Å². The molecule has 18 heavy (non-hydrogen) atoms. The highest BCUT2D eigenvalue weighted by Gasteiger charge is 2.20. The molecule has 94 valence electrons. The quantitative estimate of drug-likeness (QED) is 0.907. The van der Waals surface area contributed by atoms with Gasteiger partial charge < -0.3 is 5.32 Å². The largest absolute Gasteiger partial charge is 0.308 e. The second-order valence-corrected chi connectivity index (χ2v) is 6.36. The predicted octanol–water partition coefficient (Wildman–Crippen LogP) is 4.37. The summed E-state index contributed by atoms with van der Waals surface area (Å²) in [5.74, 6) is 0. The van der Waals surface area contributed by atoms with Crippen molar-refractivity contribution in [2.75, 3.05) is 0 Å². The van der Waals surface area contributed by atoms with Gasteiger partial charge in [-0.1, -0.05) is 29.3 Å². The number of halogens is 2. The number of hydrogen-bond donors (Lipinski definition) is 1. The second-order valence-electron chi connectivity index (χ2n) is 4.40. The minimum absolute atomic E-state index is 0.656. The standard InChI is InChI=1S/C13H12Cl2N2S/c14-8-1-4-10(11(15)5-8)12-6-17-13(18-12)7-16-9-2-3-9/h1,4-6,9,16H,2-3,7H2. The van der Waals surface area contributed by atoms with Gasteiger partial charge in [-0.3, -0.25) is 0 Å². The number of nitrogens with one attached hydrogen (secondary N) is 1. The lowest BCUT2D eigenvalue weighted by Gasteiger charge is -2.01. The van der Waals surface area contributed by atoms with E-state index in [-0.39, 0.29) is 0 Å². The van der Waals surface area contributed by atoms with Crippen LogP contribution in [0.2, 0.25) is 10.0 Å². The molecule has 0 radical (unpaired) electrons. The smallest absolute Gasteiger partial charge is 0.107 e. The molecule has 0 amide bonds. The van der Waals surface area contributed by atoms with E-state index >= 15 is 0 Å². The summed E-state index contributed by atoms with van der Waals surface area (Å²) < 4.78 is 0. The van der Waals surface area contributed by atoms with Crippen molar-refractivity contribution < 1.29 is 0 Å². The third-order valence-corrected chi connectivity index (χ3v) is 4.45. The summed E-state index contributed by atoms with van der Waals surface area (Å²) in [7, 11) is 0. The van der Waals surface area contributed by atoms with Crippen LogP contribution in [0.3, 0.4) is 0 Å². The molecule has 1 aromatic heterocycles. The molecule has 0 atom stereocenters. The van der Waals surface area contributed by atoms with Gasteiger partial charge in [-0.25, -0.2) is 4.98 Å². The van der Waals surface area contributed by atoms with Crippen LogP contribution in [0.5, 0.6) is 0 Å². The minimum atomic E-state index is 0.656. The molecule has 0 unspecified atom stereocenters. The van der Waals surface area contributed by atoms with Gasteiger partial charge in [0.2, 0.25) is 0 Å². The van der Waals surface area contributed by atoms with E-state index in [1.807, 2.05) is 18.3 Å². The molecule has 1 heterocycles. The molecule has 5 heteroatoms. The predicted molar refractivity (Wildman–Crippen MR) is 77.4 cm³/mol. The summed E-state index contributed by atoms with van der Waals surface area (Å²) >= 11 is 13.8. The number of nitrogens with zero attached hydrogens (tertiary/aromatic N) is 1. The highest BCUT2D eigenvalue weighted by Crippen LogP contribution is 2.34. The Morgan fingerprint density at radius 3 is 2.89 bits per heavy atom. The zero-order chi connectivity index (χ0) is 12.5. The molecule has 0 bridgehead atoms. The number of rotatable bonds is 4. The molecule has 1 fully saturated rings. The zero-order valence-corrected chi connectivity index (χ0v) is 11.9. The minimum Gasteiger partial charge on any atom is -0.308 e. The topological polar surface area (TPSA) is 24.9 Å². The van der Waals surface area contributed by atoms with E-state index in [0.717, 1.165) is 22.0 Å². The third kappa shape index (κ3) is 2.86. The Hall–Kier alpha value is -0.610. The van der Waals surface area contributed by atoms with Gasteiger partial charge in [0.25, 0.3) is 0 Å². The average molecular weight is 299 g/mol. The first-order chi connectivity index (χ1) is 8.72. The Kier molecular flexibility index (Phi) is 3.57. The van der Waals surface area contributed by atoms with Crippen molar-refractivity contribution in [3.63, 3.8) is 0 Å². The Labute approximate surface area is 120 Å². The first kappa shape index (κ1) is 12.4. The maximum atomic E-state index is 6.19. The molecule has 1 aromatic carbocycles. The van der Waals surface area contributed by atoms with E-state index in [0.29, 0.717) is 16.1 Å². The molecule has 3 rings (SSSR count). The fourth-order valence-electron chi connectivity index (χ4n) is 1.72. The van der Waals surface area contributed by atoms with Crippen LogP contribution in [-0.4, -0.2) is 11.0 Å². The summed E-state index contributed by atoms with van der Waals surface area (Å²) in [6, 6.07) is 6.26. The molecular weight excluding hydrogens is 287 g/mol. The maximum Gasteiger partial charge on any atom is 0.107 e. The molecule has 2 aromatic rings. The lowest BCUT2D eigenvalue weighted by molar-refractivity contribution is 0.684. The van der Waals surface area contributed by atoms with Gasteiger partial charge in [0.15, 0.2) is 0 Å². The molecule has 0 spiro atoms. The average Bonchev–Trinajstić information content (AvgIpc) is 3.05. The molecule has 1 saturated carbocycles. The van der Waals surface area contributed by atoms with Crippen LogP contribution >= 0.6 is 34.5 Å². The Balaban J connectivity index is 1.78. The van der Waals surface area contributed by atoms with Crippen molar-refractivity contribution >= 4 is 34.5 Å². The highest BCUT2D eigenvalue weighted by molar-refractivity contribution is 7.15. The van der Waals surface area contributed by atoms with Gasteiger partial charge in [0.05, 0.1) is 9.90 Å². The lowest BCUT2D eigenvalue weighted by Crippen LogP contribution is -2.14. The first-order valence-electron chi connectivity index (χ1n) is 5.86. The van der Waals surface area contributed by atoms with Crippen molar-refractivity contribution in [3.8, 4) is 10.4 Å². The van der Waals surface area contributed by atoms with E-state index < -0.39 is 0 Å². The van der Waals surface area contributed by atoms with Crippen LogP contribution in [0, 0.1) is 0 Å². The van der Waals surface area contributed by atoms with Gasteiger partial charge in [-0.2, -0.15) is 0 Å². The van der Waals surface area contributed by atoms with Gasteiger partial charge >= 0.3 is 0 Å². The Bertz CT molecular complexity index is 564. The second kappa shape index (κ2) is 5.17. The van der Waals surface area contributed by atoms with Gasteiger partial charge in [0, 0.05) is 29.4 Å². The van der Waals surface area contributed by atoms with E-state index in [1.54, 1.807) is 17.4 Å². The first-order valence-corrected chi connectivity index (χ1v) is 7.43. The third-order valence-electron chi connectivity index (χ3n) is 2.87. The molecule has 1 N–H and O–H groups in total. The van der Waals surface area contributed by atoms with Crippen LogP contribution in [0.4, 0.5) is 0 Å². The highest BCUT2D eigenvalue weighted by atomic mass is 35.5. The number of thiazole rings is 1. The Morgan fingerprint density at radius 1 is 1.33 bits per heavy atom. The monoisotopic (exact) mass is 298 g/mol. The number of aromatic nitrogens is 1. The summed E-state index contributed by atoms with van der Waals surface area (Å²) in [4.78, 5) is 5.51. The maximum absolute atomic E-state index is 6.19. The summed E-state index contributed by atoms with van der Waals surface area (Å²) in [6.45, 7) is 0.848. The van der Waals surface area contributed by atoms with Gasteiger partial charge in [-0.15, -0.1) is 11.3 Å². The summed E-state index contributed by atoms with van der Waals surface area (Å²) in [5.41, 5.74) is 0.997. The van der Waals surface area contributed by atoms with E-state index in [4.69, 9.17) is 23.2 Å². The number of benzene rings is 1. The van der Waals surface area contributed by atoms with Crippen LogP contribution in [-0.2, 0) is 6.54 Å². The van der Waals surface area contributed by atoms with Crippen molar-refractivity contribution in [1.29, 1.82) is 0 Å². The fourth-order valence-corrected chi connectivity index (χ4v) is 3.20. The normalized spacial score (nSPS) is 15.0. The van der Waals surface area contributed by atoms with E-state index in [2.05, 4.69) is 10.3 Å². The Morgan fingerprint density at radius 2 is 2.17 bits per heavy atom. The zero-order valence-electron chi connectivity index (χ0n) is 9.62. The molecule has 0 aliphatic heterocycles. The fraction of sp³-hybridized carbons (Fsp3) is 0.308. The van der Waals surface area contributed by atoms with Crippen LogP contribution in [0.15, 0.2) is 24.4 Å². The van der Waals surface area contributed by atoms with Crippen molar-refractivity contribution in [1.82, 2.24) is 10.3 Å². The van der Waals surface area contributed by atoms with E-state index in [9.17, 15) is 0 Å². The molecule has 1 aliphatic carbocycles. The van der Waals surface area contributed by atoms with Crippen molar-refractivity contribution in [2.24, 2.45) is 0 Å². The van der Waals surface area contributed by atoms with Gasteiger partial charge in [0.1, 0.15) is 5.01 Å².